The standard InChI is InChI=1S/C9H16ClNO2S/c1-2-11-6-3-4-9(8-11)5-7-14(10,12)13/h5,7,9H,2-4,6,8H2,1H3/b7-5-. The van der Waals surface area contributed by atoms with Crippen LogP contribution in [0.5, 0.6) is 0 Å². The summed E-state index contributed by atoms with van der Waals surface area (Å²) in [6, 6.07) is 0. The van der Waals surface area contributed by atoms with Crippen molar-refractivity contribution in [2.45, 2.75) is 19.8 Å². The van der Waals surface area contributed by atoms with Crippen LogP contribution in [0.1, 0.15) is 19.8 Å². The zero-order valence-corrected chi connectivity index (χ0v) is 9.89. The van der Waals surface area contributed by atoms with Crippen molar-refractivity contribution < 1.29 is 8.42 Å². The summed E-state index contributed by atoms with van der Waals surface area (Å²) in [5.41, 5.74) is 0. The maximum Gasteiger partial charge on any atom is 0.254 e. The van der Waals surface area contributed by atoms with Gasteiger partial charge in [0.05, 0.1) is 0 Å². The Bertz CT molecular complexity index is 300. The van der Waals surface area contributed by atoms with Gasteiger partial charge in [0.2, 0.25) is 0 Å². The Morgan fingerprint density at radius 3 is 2.86 bits per heavy atom. The van der Waals surface area contributed by atoms with Crippen LogP contribution < -0.4 is 0 Å². The fourth-order valence-electron chi connectivity index (χ4n) is 1.74. The third-order valence-corrected chi connectivity index (χ3v) is 3.29. The van der Waals surface area contributed by atoms with Gasteiger partial charge in [-0.1, -0.05) is 13.0 Å². The molecule has 1 unspecified atom stereocenters. The summed E-state index contributed by atoms with van der Waals surface area (Å²) in [7, 11) is 1.62. The Balaban J connectivity index is 2.49. The molecule has 14 heavy (non-hydrogen) atoms. The highest BCUT2D eigenvalue weighted by Gasteiger charge is 2.16. The smallest absolute Gasteiger partial charge is 0.254 e. The van der Waals surface area contributed by atoms with Gasteiger partial charge in [-0.15, -0.1) is 0 Å². The third kappa shape index (κ3) is 4.44. The summed E-state index contributed by atoms with van der Waals surface area (Å²) in [5, 5.41) is 1.11. The summed E-state index contributed by atoms with van der Waals surface area (Å²) in [6.07, 6.45) is 3.90. The van der Waals surface area contributed by atoms with Crippen molar-refractivity contribution in [2.24, 2.45) is 5.92 Å². The number of piperidine rings is 1. The van der Waals surface area contributed by atoms with Crippen molar-refractivity contribution in [3.63, 3.8) is 0 Å². The van der Waals surface area contributed by atoms with Gasteiger partial charge >= 0.3 is 0 Å². The molecule has 1 aliphatic rings. The van der Waals surface area contributed by atoms with E-state index in [1.807, 2.05) is 0 Å². The highest BCUT2D eigenvalue weighted by Crippen LogP contribution is 2.18. The molecule has 0 aliphatic carbocycles. The summed E-state index contributed by atoms with van der Waals surface area (Å²) in [5.74, 6) is 0.331. The molecule has 0 bridgehead atoms. The Morgan fingerprint density at radius 2 is 2.29 bits per heavy atom. The van der Waals surface area contributed by atoms with Crippen LogP contribution in [0.15, 0.2) is 11.5 Å². The first-order chi connectivity index (χ1) is 6.51. The van der Waals surface area contributed by atoms with Gasteiger partial charge < -0.3 is 4.90 Å². The van der Waals surface area contributed by atoms with Crippen molar-refractivity contribution in [3.8, 4) is 0 Å². The lowest BCUT2D eigenvalue weighted by Gasteiger charge is -2.29. The molecule has 1 aliphatic heterocycles. The van der Waals surface area contributed by atoms with Crippen molar-refractivity contribution >= 4 is 19.7 Å². The first-order valence-corrected chi connectivity index (χ1v) is 7.23. The van der Waals surface area contributed by atoms with Gasteiger partial charge in [-0.25, -0.2) is 8.42 Å². The van der Waals surface area contributed by atoms with Crippen LogP contribution in [0.25, 0.3) is 0 Å². The molecule has 0 N–H and O–H groups in total. The van der Waals surface area contributed by atoms with Crippen LogP contribution in [0, 0.1) is 5.92 Å². The molecule has 0 aromatic heterocycles. The van der Waals surface area contributed by atoms with Crippen molar-refractivity contribution in [3.05, 3.63) is 11.5 Å². The maximum atomic E-state index is 10.7. The van der Waals surface area contributed by atoms with E-state index in [-0.39, 0.29) is 0 Å². The predicted molar refractivity (Wildman–Crippen MR) is 58.8 cm³/mol. The third-order valence-electron chi connectivity index (χ3n) is 2.50. The Labute approximate surface area is 90.2 Å². The molecule has 1 atom stereocenters. The van der Waals surface area contributed by atoms with Gasteiger partial charge in [0.25, 0.3) is 9.05 Å². The Morgan fingerprint density at radius 1 is 1.57 bits per heavy atom. The van der Waals surface area contributed by atoms with E-state index in [0.29, 0.717) is 5.92 Å². The summed E-state index contributed by atoms with van der Waals surface area (Å²) >= 11 is 0. The fraction of sp³-hybridized carbons (Fsp3) is 0.778. The first-order valence-electron chi connectivity index (χ1n) is 4.86. The van der Waals surface area contributed by atoms with Crippen molar-refractivity contribution in [2.75, 3.05) is 19.6 Å². The van der Waals surface area contributed by atoms with Gasteiger partial charge in [0, 0.05) is 22.6 Å². The first kappa shape index (κ1) is 12.0. The highest BCUT2D eigenvalue weighted by atomic mass is 35.7. The lowest BCUT2D eigenvalue weighted by molar-refractivity contribution is 0.206. The minimum absolute atomic E-state index is 0.331. The largest absolute Gasteiger partial charge is 0.303 e. The lowest BCUT2D eigenvalue weighted by atomic mass is 9.98. The van der Waals surface area contributed by atoms with Gasteiger partial charge in [-0.3, -0.25) is 0 Å². The molecule has 1 rings (SSSR count). The summed E-state index contributed by atoms with van der Waals surface area (Å²) in [4.78, 5) is 2.32. The second kappa shape index (κ2) is 5.14. The molecule has 5 heteroatoms. The molecule has 1 heterocycles. The van der Waals surface area contributed by atoms with Crippen LogP contribution in [0.2, 0.25) is 0 Å². The molecule has 0 radical (unpaired) electrons. The average Bonchev–Trinajstić information content (AvgIpc) is 2.14. The second-order valence-corrected chi connectivity index (χ2v) is 6.11. The fourth-order valence-corrected chi connectivity index (χ4v) is 2.33. The van der Waals surface area contributed by atoms with E-state index >= 15 is 0 Å². The number of hydrogen-bond acceptors (Lipinski definition) is 3. The predicted octanol–water partition coefficient (Wildman–Crippen LogP) is 1.80. The van der Waals surface area contributed by atoms with E-state index < -0.39 is 9.05 Å². The summed E-state index contributed by atoms with van der Waals surface area (Å²) in [6.45, 7) is 5.20. The van der Waals surface area contributed by atoms with Gasteiger partial charge in [-0.05, 0) is 31.8 Å². The Hall–Kier alpha value is -0.0600. The van der Waals surface area contributed by atoms with E-state index in [1.165, 1.54) is 0 Å². The molecule has 82 valence electrons. The van der Waals surface area contributed by atoms with Gasteiger partial charge in [0.1, 0.15) is 0 Å². The van der Waals surface area contributed by atoms with E-state index in [2.05, 4.69) is 11.8 Å². The maximum absolute atomic E-state index is 10.7. The van der Waals surface area contributed by atoms with Crippen LogP contribution in [0.4, 0.5) is 0 Å². The van der Waals surface area contributed by atoms with Gasteiger partial charge in [0.15, 0.2) is 0 Å². The number of likely N-dealkylation sites (tertiary alicyclic amines) is 1. The molecule has 0 saturated carbocycles. The lowest BCUT2D eigenvalue weighted by Crippen LogP contribution is -2.34. The average molecular weight is 238 g/mol. The van der Waals surface area contributed by atoms with Crippen LogP contribution in [0.3, 0.4) is 0 Å². The monoisotopic (exact) mass is 237 g/mol. The zero-order chi connectivity index (χ0) is 10.6. The molecule has 3 nitrogen and oxygen atoms in total. The van der Waals surface area contributed by atoms with E-state index in [0.717, 1.165) is 37.9 Å². The second-order valence-electron chi connectivity index (χ2n) is 3.60. The van der Waals surface area contributed by atoms with E-state index in [9.17, 15) is 8.42 Å². The van der Waals surface area contributed by atoms with E-state index in [1.54, 1.807) is 6.08 Å². The number of nitrogens with zero attached hydrogens (tertiary/aromatic N) is 1. The summed E-state index contributed by atoms with van der Waals surface area (Å²) < 4.78 is 21.4. The van der Waals surface area contributed by atoms with Crippen LogP contribution in [-0.4, -0.2) is 33.0 Å². The minimum atomic E-state index is -3.47. The number of hydrogen-bond donors (Lipinski definition) is 0. The number of halogens is 1. The molecule has 0 aromatic rings. The quantitative estimate of drug-likeness (QED) is 0.703. The molecule has 1 fully saturated rings. The zero-order valence-electron chi connectivity index (χ0n) is 8.32. The van der Waals surface area contributed by atoms with Gasteiger partial charge in [-0.2, -0.15) is 0 Å². The molecular weight excluding hydrogens is 222 g/mol. The minimum Gasteiger partial charge on any atom is -0.303 e. The molecular formula is C9H16ClNO2S. The van der Waals surface area contributed by atoms with Crippen LogP contribution in [-0.2, 0) is 9.05 Å². The molecule has 0 aromatic carbocycles. The SMILES string of the molecule is CCN1CCCC(/C=C\S(=O)(=O)Cl)C1. The van der Waals surface area contributed by atoms with Crippen molar-refractivity contribution in [1.82, 2.24) is 4.90 Å². The molecule has 1 saturated heterocycles. The topological polar surface area (TPSA) is 37.4 Å². The van der Waals surface area contributed by atoms with Crippen LogP contribution >= 0.6 is 10.7 Å². The molecule has 0 spiro atoms. The van der Waals surface area contributed by atoms with Crippen molar-refractivity contribution in [1.29, 1.82) is 0 Å². The molecule has 0 amide bonds. The Kier molecular flexibility index (Phi) is 4.41. The van der Waals surface area contributed by atoms with E-state index in [4.69, 9.17) is 10.7 Å². The number of rotatable bonds is 3. The highest BCUT2D eigenvalue weighted by molar-refractivity contribution is 8.16. The normalized spacial score (nSPS) is 25.7.